The van der Waals surface area contributed by atoms with Crippen LogP contribution in [-0.4, -0.2) is 42.9 Å². The van der Waals surface area contributed by atoms with Crippen molar-refractivity contribution in [3.05, 3.63) is 71.6 Å². The average Bonchev–Trinajstić information content (AvgIpc) is 3.50. The van der Waals surface area contributed by atoms with Gasteiger partial charge in [0.05, 0.1) is 17.7 Å². The highest BCUT2D eigenvalue weighted by molar-refractivity contribution is 5.80. The van der Waals surface area contributed by atoms with Gasteiger partial charge < -0.3 is 20.7 Å². The lowest BCUT2D eigenvalue weighted by atomic mass is 9.96. The van der Waals surface area contributed by atoms with E-state index in [9.17, 15) is 9.90 Å². The topological polar surface area (TPSA) is 108 Å². The summed E-state index contributed by atoms with van der Waals surface area (Å²) in [6.45, 7) is 5.20. The smallest absolute Gasteiger partial charge is 0.226 e. The van der Waals surface area contributed by atoms with Crippen molar-refractivity contribution in [2.45, 2.75) is 57.3 Å². The molecule has 1 saturated carbocycles. The Morgan fingerprint density at radius 3 is 2.69 bits per heavy atom. The molecule has 8 heteroatoms. The number of rotatable bonds is 8. The molecular formula is C24H32N6O2. The van der Waals surface area contributed by atoms with E-state index in [2.05, 4.69) is 39.5 Å². The van der Waals surface area contributed by atoms with Crippen molar-refractivity contribution < 1.29 is 9.90 Å². The van der Waals surface area contributed by atoms with Crippen LogP contribution in [0.15, 0.2) is 48.8 Å². The molecule has 0 aliphatic heterocycles. The second kappa shape index (κ2) is 9.67. The third-order valence-corrected chi connectivity index (χ3v) is 6.36. The molecule has 1 amide bonds. The highest BCUT2D eigenvalue weighted by Gasteiger charge is 2.47. The monoisotopic (exact) mass is 436 g/mol. The number of imidazole rings is 1. The van der Waals surface area contributed by atoms with E-state index >= 15 is 0 Å². The van der Waals surface area contributed by atoms with E-state index in [1.54, 1.807) is 12.4 Å². The van der Waals surface area contributed by atoms with Crippen molar-refractivity contribution in [3.8, 4) is 0 Å². The Kier molecular flexibility index (Phi) is 6.72. The largest absolute Gasteiger partial charge is 0.392 e. The number of amides is 1. The molecule has 0 unspecified atom stereocenters. The summed E-state index contributed by atoms with van der Waals surface area (Å²) >= 11 is 0. The SMILES string of the molecule is CC(C)c1ncc([C@@H]2[C@H](O)[C@@H](C(=O)NCc3ccccc3)C[C@H]2NCc2ccnn2C)[nH]1. The third-order valence-electron chi connectivity index (χ3n) is 6.36. The molecule has 0 radical (unpaired) electrons. The van der Waals surface area contributed by atoms with Gasteiger partial charge in [-0.1, -0.05) is 44.2 Å². The Morgan fingerprint density at radius 2 is 2.03 bits per heavy atom. The predicted molar refractivity (Wildman–Crippen MR) is 122 cm³/mol. The van der Waals surface area contributed by atoms with E-state index in [-0.39, 0.29) is 23.8 Å². The lowest BCUT2D eigenvalue weighted by Gasteiger charge is -2.22. The number of carbonyl (C=O) groups excluding carboxylic acids is 1. The number of aromatic amines is 1. The van der Waals surface area contributed by atoms with Crippen LogP contribution in [0.1, 0.15) is 54.9 Å². The van der Waals surface area contributed by atoms with Gasteiger partial charge in [-0.25, -0.2) is 4.98 Å². The van der Waals surface area contributed by atoms with Gasteiger partial charge in [0.1, 0.15) is 5.82 Å². The lowest BCUT2D eigenvalue weighted by Crippen LogP contribution is -2.36. The maximum Gasteiger partial charge on any atom is 0.226 e. The number of aliphatic hydroxyl groups is 1. The molecule has 4 atom stereocenters. The molecule has 1 fully saturated rings. The highest BCUT2D eigenvalue weighted by atomic mass is 16.3. The first-order valence-corrected chi connectivity index (χ1v) is 11.2. The zero-order chi connectivity index (χ0) is 22.7. The third kappa shape index (κ3) is 4.76. The lowest BCUT2D eigenvalue weighted by molar-refractivity contribution is -0.127. The summed E-state index contributed by atoms with van der Waals surface area (Å²) in [5.41, 5.74) is 2.94. The van der Waals surface area contributed by atoms with Crippen molar-refractivity contribution in [2.24, 2.45) is 13.0 Å². The number of aliphatic hydroxyl groups excluding tert-OH is 1. The molecule has 2 heterocycles. The van der Waals surface area contributed by atoms with Gasteiger partial charge in [-0.05, 0) is 18.1 Å². The highest BCUT2D eigenvalue weighted by Crippen LogP contribution is 2.39. The van der Waals surface area contributed by atoms with Crippen LogP contribution in [0.3, 0.4) is 0 Å². The molecule has 0 saturated heterocycles. The molecule has 2 aromatic heterocycles. The Morgan fingerprint density at radius 1 is 1.25 bits per heavy atom. The van der Waals surface area contributed by atoms with E-state index in [4.69, 9.17) is 0 Å². The minimum atomic E-state index is -0.810. The molecule has 8 nitrogen and oxygen atoms in total. The summed E-state index contributed by atoms with van der Waals surface area (Å²) in [4.78, 5) is 20.9. The summed E-state index contributed by atoms with van der Waals surface area (Å²) in [7, 11) is 1.90. The van der Waals surface area contributed by atoms with Crippen LogP contribution in [0, 0.1) is 5.92 Å². The van der Waals surface area contributed by atoms with Gasteiger partial charge >= 0.3 is 0 Å². The number of H-pyrrole nitrogens is 1. The van der Waals surface area contributed by atoms with Gasteiger partial charge in [-0.15, -0.1) is 0 Å². The standard InChI is InChI=1S/C24H32N6O2/c1-15(2)23-26-14-20(29-23)21-19(25-13-17-9-10-28-30(17)3)11-18(22(21)31)24(32)27-12-16-7-5-4-6-8-16/h4-10,14-15,18-19,21-22,25,31H,11-13H2,1-3H3,(H,26,29)(H,27,32)/t18-,19+,21+,22+/m0/s1. The van der Waals surface area contributed by atoms with Crippen molar-refractivity contribution in [1.82, 2.24) is 30.4 Å². The fourth-order valence-corrected chi connectivity index (χ4v) is 4.46. The van der Waals surface area contributed by atoms with Crippen LogP contribution in [0.4, 0.5) is 0 Å². The van der Waals surface area contributed by atoms with Crippen LogP contribution in [0.2, 0.25) is 0 Å². The Balaban J connectivity index is 1.50. The molecule has 32 heavy (non-hydrogen) atoms. The summed E-state index contributed by atoms with van der Waals surface area (Å²) in [5.74, 6) is 0.261. The number of nitrogens with zero attached hydrogens (tertiary/aromatic N) is 3. The first kappa shape index (κ1) is 22.2. The van der Waals surface area contributed by atoms with Crippen molar-refractivity contribution >= 4 is 5.91 Å². The van der Waals surface area contributed by atoms with E-state index in [0.717, 1.165) is 22.8 Å². The molecule has 0 bridgehead atoms. The zero-order valence-electron chi connectivity index (χ0n) is 18.8. The first-order chi connectivity index (χ1) is 15.4. The molecule has 3 aromatic rings. The van der Waals surface area contributed by atoms with Crippen molar-refractivity contribution in [2.75, 3.05) is 0 Å². The van der Waals surface area contributed by atoms with Gasteiger partial charge in [0.15, 0.2) is 0 Å². The van der Waals surface area contributed by atoms with Gasteiger partial charge in [0, 0.05) is 56.1 Å². The Hall–Kier alpha value is -2.97. The van der Waals surface area contributed by atoms with Crippen molar-refractivity contribution in [1.29, 1.82) is 0 Å². The van der Waals surface area contributed by atoms with E-state index in [1.807, 2.05) is 48.1 Å². The number of benzene rings is 1. The first-order valence-electron chi connectivity index (χ1n) is 11.2. The summed E-state index contributed by atoms with van der Waals surface area (Å²) in [6, 6.07) is 11.7. The molecule has 4 rings (SSSR count). The predicted octanol–water partition coefficient (Wildman–Crippen LogP) is 2.21. The van der Waals surface area contributed by atoms with Crippen LogP contribution in [0.5, 0.6) is 0 Å². The van der Waals surface area contributed by atoms with E-state index < -0.39 is 12.0 Å². The average molecular weight is 437 g/mol. The quantitative estimate of drug-likeness (QED) is 0.433. The maximum absolute atomic E-state index is 13.0. The van der Waals surface area contributed by atoms with E-state index in [0.29, 0.717) is 19.5 Å². The van der Waals surface area contributed by atoms with Crippen LogP contribution in [-0.2, 0) is 24.9 Å². The Labute approximate surface area is 188 Å². The second-order valence-corrected chi connectivity index (χ2v) is 8.87. The second-order valence-electron chi connectivity index (χ2n) is 8.87. The van der Waals surface area contributed by atoms with Crippen LogP contribution in [0.25, 0.3) is 0 Å². The van der Waals surface area contributed by atoms with Gasteiger partial charge in [0.2, 0.25) is 5.91 Å². The summed E-state index contributed by atoms with van der Waals surface area (Å²) in [5, 5.41) is 22.0. The normalized spacial score (nSPS) is 23.0. The number of nitrogens with one attached hydrogen (secondary N) is 3. The number of aromatic nitrogens is 4. The number of hydrogen-bond acceptors (Lipinski definition) is 5. The summed E-state index contributed by atoms with van der Waals surface area (Å²) in [6.07, 6.45) is 3.30. The molecule has 0 spiro atoms. The molecular weight excluding hydrogens is 404 g/mol. The maximum atomic E-state index is 13.0. The van der Waals surface area contributed by atoms with E-state index in [1.165, 1.54) is 0 Å². The number of aryl methyl sites for hydroxylation is 1. The minimum absolute atomic E-state index is 0.0761. The van der Waals surface area contributed by atoms with Gasteiger partial charge in [-0.2, -0.15) is 5.10 Å². The van der Waals surface area contributed by atoms with Crippen LogP contribution < -0.4 is 10.6 Å². The minimum Gasteiger partial charge on any atom is -0.392 e. The molecule has 1 aliphatic carbocycles. The molecule has 170 valence electrons. The fourth-order valence-electron chi connectivity index (χ4n) is 4.46. The molecule has 1 aliphatic rings. The fraction of sp³-hybridized carbons (Fsp3) is 0.458. The van der Waals surface area contributed by atoms with Crippen molar-refractivity contribution in [3.63, 3.8) is 0 Å². The number of hydrogen-bond donors (Lipinski definition) is 4. The zero-order valence-corrected chi connectivity index (χ0v) is 18.8. The van der Waals surface area contributed by atoms with Gasteiger partial charge in [-0.3, -0.25) is 9.48 Å². The summed E-state index contributed by atoms with van der Waals surface area (Å²) < 4.78 is 1.82. The Bertz CT molecular complexity index is 1030. The molecule has 4 N–H and O–H groups in total. The van der Waals surface area contributed by atoms with Gasteiger partial charge in [0.25, 0.3) is 0 Å². The number of carbonyl (C=O) groups is 1. The van der Waals surface area contributed by atoms with Crippen LogP contribution >= 0.6 is 0 Å². The molecule has 1 aromatic carbocycles.